The molecule has 0 aromatic carbocycles. The second-order valence-electron chi connectivity index (χ2n) is 5.21. The molecule has 0 radical (unpaired) electrons. The Kier molecular flexibility index (Phi) is 7.45. The Hall–Kier alpha value is -0.410. The van der Waals surface area contributed by atoms with Crippen molar-refractivity contribution in [2.24, 2.45) is 0 Å². The van der Waals surface area contributed by atoms with Gasteiger partial charge in [-0.05, 0) is 39.2 Å². The first-order valence-corrected chi connectivity index (χ1v) is 7.08. The maximum atomic E-state index is 10.9. The zero-order chi connectivity index (χ0) is 12.5. The van der Waals surface area contributed by atoms with Crippen LogP contribution in [-0.4, -0.2) is 41.5 Å². The molecule has 3 nitrogen and oxygen atoms in total. The van der Waals surface area contributed by atoms with Gasteiger partial charge in [-0.1, -0.05) is 19.3 Å². The summed E-state index contributed by atoms with van der Waals surface area (Å²) in [6.45, 7) is 3.75. The van der Waals surface area contributed by atoms with E-state index >= 15 is 0 Å². The number of unbranched alkanes of at least 4 members (excludes halogenated alkanes) is 1. The second-order valence-corrected chi connectivity index (χ2v) is 5.21. The first-order chi connectivity index (χ1) is 8.24. The van der Waals surface area contributed by atoms with Gasteiger partial charge in [-0.3, -0.25) is 4.90 Å². The fraction of sp³-hybridized carbons (Fsp3) is 0.929. The molecule has 100 valence electrons. The Labute approximate surface area is 105 Å². The summed E-state index contributed by atoms with van der Waals surface area (Å²) < 4.78 is 0. The molecule has 0 saturated heterocycles. The van der Waals surface area contributed by atoms with Crippen LogP contribution in [0.3, 0.4) is 0 Å². The van der Waals surface area contributed by atoms with Gasteiger partial charge in [0.1, 0.15) is 5.78 Å². The van der Waals surface area contributed by atoms with Crippen LogP contribution in [0.5, 0.6) is 0 Å². The average Bonchev–Trinajstić information content (AvgIpc) is 2.34. The van der Waals surface area contributed by atoms with E-state index in [4.69, 9.17) is 5.11 Å². The van der Waals surface area contributed by atoms with Crippen LogP contribution in [0, 0.1) is 0 Å². The van der Waals surface area contributed by atoms with E-state index in [0.717, 1.165) is 25.9 Å². The number of rotatable bonds is 8. The summed E-state index contributed by atoms with van der Waals surface area (Å²) in [5.74, 6) is 0.288. The van der Waals surface area contributed by atoms with Crippen LogP contribution in [-0.2, 0) is 4.79 Å². The third kappa shape index (κ3) is 6.18. The largest absolute Gasteiger partial charge is 0.395 e. The lowest BCUT2D eigenvalue weighted by molar-refractivity contribution is -0.117. The third-order valence-electron chi connectivity index (χ3n) is 3.70. The van der Waals surface area contributed by atoms with Gasteiger partial charge in [0.25, 0.3) is 0 Å². The number of aliphatic hydroxyl groups excluding tert-OH is 1. The molecular weight excluding hydrogens is 214 g/mol. The first-order valence-electron chi connectivity index (χ1n) is 7.08. The van der Waals surface area contributed by atoms with Crippen molar-refractivity contribution < 1.29 is 9.90 Å². The second kappa shape index (κ2) is 8.65. The van der Waals surface area contributed by atoms with E-state index in [1.54, 1.807) is 6.92 Å². The van der Waals surface area contributed by atoms with Crippen LogP contribution in [0.4, 0.5) is 0 Å². The molecule has 3 heteroatoms. The van der Waals surface area contributed by atoms with Crippen LogP contribution in [0.25, 0.3) is 0 Å². The minimum Gasteiger partial charge on any atom is -0.395 e. The van der Waals surface area contributed by atoms with Crippen molar-refractivity contribution in [1.29, 1.82) is 0 Å². The SMILES string of the molecule is CC(=O)CCCCN(CCO)C1CCCCC1. The molecule has 1 aliphatic carbocycles. The predicted octanol–water partition coefficient (Wildman–Crippen LogP) is 2.37. The van der Waals surface area contributed by atoms with Gasteiger partial charge in [0.15, 0.2) is 0 Å². The van der Waals surface area contributed by atoms with E-state index in [1.165, 1.54) is 32.1 Å². The molecular formula is C14H27NO2. The quantitative estimate of drug-likeness (QED) is 0.663. The Bertz CT molecular complexity index is 212. The fourth-order valence-corrected chi connectivity index (χ4v) is 2.74. The van der Waals surface area contributed by atoms with Crippen LogP contribution in [0.15, 0.2) is 0 Å². The number of carbonyl (C=O) groups excluding carboxylic acids is 1. The number of hydrogen-bond donors (Lipinski definition) is 1. The Morgan fingerprint density at radius 1 is 1.18 bits per heavy atom. The van der Waals surface area contributed by atoms with Gasteiger partial charge in [0.2, 0.25) is 0 Å². The smallest absolute Gasteiger partial charge is 0.129 e. The minimum absolute atomic E-state index is 0.253. The molecule has 0 heterocycles. The summed E-state index contributed by atoms with van der Waals surface area (Å²) >= 11 is 0. The van der Waals surface area contributed by atoms with Crippen LogP contribution >= 0.6 is 0 Å². The normalized spacial score (nSPS) is 17.6. The van der Waals surface area contributed by atoms with Gasteiger partial charge in [0.05, 0.1) is 6.61 Å². The summed E-state index contributed by atoms with van der Waals surface area (Å²) in [6, 6.07) is 0.674. The van der Waals surface area contributed by atoms with E-state index in [1.807, 2.05) is 0 Å². The summed E-state index contributed by atoms with van der Waals surface area (Å²) in [5, 5.41) is 9.12. The van der Waals surface area contributed by atoms with Gasteiger partial charge in [-0.25, -0.2) is 0 Å². The highest BCUT2D eigenvalue weighted by molar-refractivity contribution is 5.75. The van der Waals surface area contributed by atoms with Gasteiger partial charge in [-0.15, -0.1) is 0 Å². The molecule has 1 aliphatic rings. The standard InChI is InChI=1S/C14H27NO2/c1-13(17)7-5-6-10-15(11-12-16)14-8-3-2-4-9-14/h14,16H,2-12H2,1H3. The highest BCUT2D eigenvalue weighted by Gasteiger charge is 2.19. The van der Waals surface area contributed by atoms with Gasteiger partial charge < -0.3 is 9.90 Å². The number of Topliss-reactive ketones (excluding diaryl/α,β-unsaturated/α-hetero) is 1. The fourth-order valence-electron chi connectivity index (χ4n) is 2.74. The molecule has 0 aromatic heterocycles. The molecule has 1 N–H and O–H groups in total. The van der Waals surface area contributed by atoms with Crippen molar-refractivity contribution in [2.45, 2.75) is 64.3 Å². The van der Waals surface area contributed by atoms with Crippen molar-refractivity contribution in [3.8, 4) is 0 Å². The maximum absolute atomic E-state index is 10.9. The molecule has 17 heavy (non-hydrogen) atoms. The summed E-state index contributed by atoms with van der Waals surface area (Å²) in [5.41, 5.74) is 0. The molecule has 0 atom stereocenters. The highest BCUT2D eigenvalue weighted by Crippen LogP contribution is 2.22. The lowest BCUT2D eigenvalue weighted by Crippen LogP contribution is -2.39. The molecule has 0 bridgehead atoms. The van der Waals surface area contributed by atoms with E-state index in [9.17, 15) is 4.79 Å². The van der Waals surface area contributed by atoms with Crippen LogP contribution in [0.1, 0.15) is 58.3 Å². The molecule has 0 unspecified atom stereocenters. The monoisotopic (exact) mass is 241 g/mol. The van der Waals surface area contributed by atoms with Gasteiger partial charge in [-0.2, -0.15) is 0 Å². The van der Waals surface area contributed by atoms with E-state index in [0.29, 0.717) is 12.5 Å². The van der Waals surface area contributed by atoms with Crippen molar-refractivity contribution in [3.63, 3.8) is 0 Å². The van der Waals surface area contributed by atoms with Crippen LogP contribution < -0.4 is 0 Å². The van der Waals surface area contributed by atoms with Gasteiger partial charge in [0, 0.05) is 19.0 Å². The number of carbonyl (C=O) groups is 1. The molecule has 0 spiro atoms. The molecule has 1 saturated carbocycles. The third-order valence-corrected chi connectivity index (χ3v) is 3.70. The zero-order valence-electron chi connectivity index (χ0n) is 11.2. The highest BCUT2D eigenvalue weighted by atomic mass is 16.3. The zero-order valence-corrected chi connectivity index (χ0v) is 11.2. The lowest BCUT2D eigenvalue weighted by atomic mass is 9.94. The molecule has 0 aromatic rings. The topological polar surface area (TPSA) is 40.5 Å². The minimum atomic E-state index is 0.253. The van der Waals surface area contributed by atoms with Crippen LogP contribution in [0.2, 0.25) is 0 Å². The Morgan fingerprint density at radius 3 is 2.47 bits per heavy atom. The summed E-state index contributed by atoms with van der Waals surface area (Å²) in [6.07, 6.45) is 9.38. The van der Waals surface area contributed by atoms with Crippen molar-refractivity contribution in [1.82, 2.24) is 4.90 Å². The Balaban J connectivity index is 2.24. The Morgan fingerprint density at radius 2 is 1.88 bits per heavy atom. The van der Waals surface area contributed by atoms with E-state index in [-0.39, 0.29) is 12.4 Å². The first kappa shape index (κ1) is 14.7. The van der Waals surface area contributed by atoms with Crippen molar-refractivity contribution in [3.05, 3.63) is 0 Å². The van der Waals surface area contributed by atoms with E-state index in [2.05, 4.69) is 4.90 Å². The summed E-state index contributed by atoms with van der Waals surface area (Å²) in [4.78, 5) is 13.3. The number of nitrogens with zero attached hydrogens (tertiary/aromatic N) is 1. The number of aliphatic hydroxyl groups is 1. The molecule has 1 fully saturated rings. The predicted molar refractivity (Wildman–Crippen MR) is 70.1 cm³/mol. The number of hydrogen-bond acceptors (Lipinski definition) is 3. The maximum Gasteiger partial charge on any atom is 0.129 e. The number of ketones is 1. The molecule has 0 amide bonds. The average molecular weight is 241 g/mol. The molecule has 1 rings (SSSR count). The van der Waals surface area contributed by atoms with E-state index < -0.39 is 0 Å². The lowest BCUT2D eigenvalue weighted by Gasteiger charge is -2.34. The van der Waals surface area contributed by atoms with Crippen molar-refractivity contribution >= 4 is 5.78 Å². The van der Waals surface area contributed by atoms with Crippen molar-refractivity contribution in [2.75, 3.05) is 19.7 Å². The molecule has 0 aliphatic heterocycles. The summed E-state index contributed by atoms with van der Waals surface area (Å²) in [7, 11) is 0. The van der Waals surface area contributed by atoms with Gasteiger partial charge >= 0.3 is 0 Å².